The molecular formula is C21H21N3O2S. The van der Waals surface area contributed by atoms with Gasteiger partial charge in [-0.2, -0.15) is 0 Å². The van der Waals surface area contributed by atoms with Gasteiger partial charge < -0.3 is 20.1 Å². The lowest BCUT2D eigenvalue weighted by Crippen LogP contribution is -2.41. The topological polar surface area (TPSA) is 55.4 Å². The minimum Gasteiger partial charge on any atom is -0.454 e. The highest BCUT2D eigenvalue weighted by atomic mass is 32.1. The van der Waals surface area contributed by atoms with Gasteiger partial charge in [0.25, 0.3) is 0 Å². The van der Waals surface area contributed by atoms with E-state index in [9.17, 15) is 0 Å². The maximum absolute atomic E-state index is 5.46. The highest BCUT2D eigenvalue weighted by Gasteiger charge is 2.37. The summed E-state index contributed by atoms with van der Waals surface area (Å²) in [5, 5.41) is 10.0. The first-order valence-electron chi connectivity index (χ1n) is 9.22. The molecular weight excluding hydrogens is 358 g/mol. The summed E-state index contributed by atoms with van der Waals surface area (Å²) in [6.45, 7) is 2.31. The van der Waals surface area contributed by atoms with Crippen LogP contribution < -0.4 is 20.1 Å². The minimum absolute atomic E-state index is 0.0160. The van der Waals surface area contributed by atoms with Gasteiger partial charge in [0.1, 0.15) is 0 Å². The molecule has 2 aliphatic rings. The number of nitrogens with zero attached hydrogens (tertiary/aromatic N) is 1. The van der Waals surface area contributed by atoms with Crippen molar-refractivity contribution in [3.05, 3.63) is 65.2 Å². The van der Waals surface area contributed by atoms with E-state index in [1.54, 1.807) is 11.3 Å². The first-order valence-corrected chi connectivity index (χ1v) is 10.1. The van der Waals surface area contributed by atoms with E-state index in [0.717, 1.165) is 53.9 Å². The van der Waals surface area contributed by atoms with Gasteiger partial charge in [0.2, 0.25) is 6.79 Å². The predicted molar refractivity (Wildman–Crippen MR) is 107 cm³/mol. The monoisotopic (exact) mass is 379 g/mol. The number of hydrogen-bond donors (Lipinski definition) is 2. The van der Waals surface area contributed by atoms with Crippen molar-refractivity contribution in [2.75, 3.05) is 25.2 Å². The SMILES string of the molecule is c1ccc(C2(c3csc(Nc4ccc5c(c4)OCO5)n3)CCNCC2)cc1. The fourth-order valence-electron chi connectivity index (χ4n) is 3.95. The molecule has 2 aliphatic heterocycles. The lowest BCUT2D eigenvalue weighted by Gasteiger charge is -2.37. The van der Waals surface area contributed by atoms with Gasteiger partial charge in [-0.05, 0) is 43.6 Å². The third kappa shape index (κ3) is 3.05. The molecule has 1 saturated heterocycles. The molecule has 138 valence electrons. The number of rotatable bonds is 4. The number of nitrogens with one attached hydrogen (secondary N) is 2. The summed E-state index contributed by atoms with van der Waals surface area (Å²) in [6, 6.07) is 16.7. The maximum Gasteiger partial charge on any atom is 0.231 e. The van der Waals surface area contributed by atoms with E-state index in [-0.39, 0.29) is 12.2 Å². The summed E-state index contributed by atoms with van der Waals surface area (Å²) in [5.74, 6) is 1.56. The molecule has 3 aromatic rings. The quantitative estimate of drug-likeness (QED) is 0.708. The Balaban J connectivity index is 1.44. The molecule has 27 heavy (non-hydrogen) atoms. The first kappa shape index (κ1) is 16.6. The Kier molecular flexibility index (Phi) is 4.22. The maximum atomic E-state index is 5.46. The molecule has 1 aromatic heterocycles. The van der Waals surface area contributed by atoms with Crippen LogP contribution in [-0.4, -0.2) is 24.9 Å². The predicted octanol–water partition coefficient (Wildman–Crippen LogP) is 4.28. The number of aromatic nitrogens is 1. The van der Waals surface area contributed by atoms with Gasteiger partial charge in [-0.1, -0.05) is 30.3 Å². The van der Waals surface area contributed by atoms with Crippen LogP contribution in [-0.2, 0) is 5.41 Å². The molecule has 0 spiro atoms. The molecule has 2 N–H and O–H groups in total. The van der Waals surface area contributed by atoms with Crippen molar-refractivity contribution in [1.29, 1.82) is 0 Å². The van der Waals surface area contributed by atoms with Crippen molar-refractivity contribution in [2.45, 2.75) is 18.3 Å². The third-order valence-electron chi connectivity index (χ3n) is 5.40. The standard InChI is InChI=1S/C21H21N3O2S/c1-2-4-15(5-3-1)21(8-10-22-11-9-21)19-13-27-20(24-19)23-16-6-7-17-18(12-16)26-14-25-17/h1-7,12-13,22H,8-11,14H2,(H,23,24). The van der Waals surface area contributed by atoms with Crippen molar-refractivity contribution >= 4 is 22.2 Å². The fraction of sp³-hybridized carbons (Fsp3) is 0.286. The summed E-state index contributed by atoms with van der Waals surface area (Å²) in [6.07, 6.45) is 2.12. The van der Waals surface area contributed by atoms with E-state index in [1.165, 1.54) is 5.56 Å². The number of piperidine rings is 1. The molecule has 0 atom stereocenters. The summed E-state index contributed by atoms with van der Waals surface area (Å²) in [4.78, 5) is 4.98. The molecule has 0 bridgehead atoms. The van der Waals surface area contributed by atoms with Crippen LogP contribution in [0.25, 0.3) is 0 Å². The number of hydrogen-bond acceptors (Lipinski definition) is 6. The fourth-order valence-corrected chi connectivity index (χ4v) is 4.78. The number of ether oxygens (including phenoxy) is 2. The summed E-state index contributed by atoms with van der Waals surface area (Å²) >= 11 is 1.65. The summed E-state index contributed by atoms with van der Waals surface area (Å²) < 4.78 is 10.8. The Morgan fingerprint density at radius 1 is 1.00 bits per heavy atom. The number of thiazole rings is 1. The minimum atomic E-state index is -0.0160. The molecule has 0 aliphatic carbocycles. The lowest BCUT2D eigenvalue weighted by atomic mass is 9.71. The molecule has 0 amide bonds. The Labute approximate surface area is 162 Å². The molecule has 0 saturated carbocycles. The zero-order chi connectivity index (χ0) is 18.1. The van der Waals surface area contributed by atoms with Crippen LogP contribution in [0.4, 0.5) is 10.8 Å². The number of benzene rings is 2. The first-order chi connectivity index (χ1) is 13.3. The van der Waals surface area contributed by atoms with Crippen molar-refractivity contribution in [3.8, 4) is 11.5 Å². The van der Waals surface area contributed by atoms with Gasteiger partial charge in [0.05, 0.1) is 5.69 Å². The van der Waals surface area contributed by atoms with Gasteiger partial charge in [0, 0.05) is 22.5 Å². The van der Waals surface area contributed by atoms with Crippen LogP contribution in [0.15, 0.2) is 53.9 Å². The Bertz CT molecular complexity index is 936. The normalized spacial score (nSPS) is 17.6. The average Bonchev–Trinajstić information content (AvgIpc) is 3.39. The highest BCUT2D eigenvalue weighted by molar-refractivity contribution is 7.13. The third-order valence-corrected chi connectivity index (χ3v) is 6.16. The van der Waals surface area contributed by atoms with Gasteiger partial charge in [-0.15, -0.1) is 11.3 Å². The summed E-state index contributed by atoms with van der Waals surface area (Å²) in [5.41, 5.74) is 3.45. The average molecular weight is 379 g/mol. The van der Waals surface area contributed by atoms with E-state index in [2.05, 4.69) is 46.3 Å². The number of fused-ring (bicyclic) bond motifs is 1. The van der Waals surface area contributed by atoms with Crippen LogP contribution in [0, 0.1) is 0 Å². The van der Waals surface area contributed by atoms with Gasteiger partial charge >= 0.3 is 0 Å². The zero-order valence-electron chi connectivity index (χ0n) is 14.9. The van der Waals surface area contributed by atoms with Crippen molar-refractivity contribution in [1.82, 2.24) is 10.3 Å². The smallest absolute Gasteiger partial charge is 0.231 e. The van der Waals surface area contributed by atoms with E-state index in [4.69, 9.17) is 14.5 Å². The van der Waals surface area contributed by atoms with Crippen LogP contribution in [0.1, 0.15) is 24.1 Å². The second kappa shape index (κ2) is 6.87. The molecule has 2 aromatic carbocycles. The van der Waals surface area contributed by atoms with Crippen LogP contribution in [0.3, 0.4) is 0 Å². The van der Waals surface area contributed by atoms with Crippen LogP contribution >= 0.6 is 11.3 Å². The molecule has 1 fully saturated rings. The number of anilines is 2. The largest absolute Gasteiger partial charge is 0.454 e. The van der Waals surface area contributed by atoms with Crippen molar-refractivity contribution in [3.63, 3.8) is 0 Å². The lowest BCUT2D eigenvalue weighted by molar-refractivity contribution is 0.174. The van der Waals surface area contributed by atoms with E-state index in [0.29, 0.717) is 0 Å². The van der Waals surface area contributed by atoms with Gasteiger partial charge in [-0.25, -0.2) is 4.98 Å². The van der Waals surface area contributed by atoms with Crippen LogP contribution in [0.2, 0.25) is 0 Å². The molecule has 0 radical (unpaired) electrons. The Morgan fingerprint density at radius 2 is 1.81 bits per heavy atom. The Hall–Kier alpha value is -2.57. The second-order valence-corrected chi connectivity index (χ2v) is 7.79. The van der Waals surface area contributed by atoms with Crippen molar-refractivity contribution in [2.24, 2.45) is 0 Å². The molecule has 3 heterocycles. The second-order valence-electron chi connectivity index (χ2n) is 6.93. The molecule has 6 heteroatoms. The van der Waals surface area contributed by atoms with E-state index in [1.807, 2.05) is 18.2 Å². The van der Waals surface area contributed by atoms with E-state index < -0.39 is 0 Å². The summed E-state index contributed by atoms with van der Waals surface area (Å²) in [7, 11) is 0. The van der Waals surface area contributed by atoms with Gasteiger partial charge in [0.15, 0.2) is 16.6 Å². The molecule has 0 unspecified atom stereocenters. The van der Waals surface area contributed by atoms with Gasteiger partial charge in [-0.3, -0.25) is 0 Å². The van der Waals surface area contributed by atoms with Crippen LogP contribution in [0.5, 0.6) is 11.5 Å². The Morgan fingerprint density at radius 3 is 2.67 bits per heavy atom. The molecule has 5 nitrogen and oxygen atoms in total. The zero-order valence-corrected chi connectivity index (χ0v) is 15.7. The van der Waals surface area contributed by atoms with E-state index >= 15 is 0 Å². The van der Waals surface area contributed by atoms with Crippen molar-refractivity contribution < 1.29 is 9.47 Å². The molecule has 5 rings (SSSR count). The highest BCUT2D eigenvalue weighted by Crippen LogP contribution is 2.42.